The molecule has 1 aromatic rings. The number of epoxide rings is 1. The molecule has 10 atom stereocenters. The minimum Gasteiger partial charge on any atom is -0.472 e. The molecular formula is C30H38O9. The fourth-order valence-electron chi connectivity index (χ4n) is 9.92. The smallest absolute Gasteiger partial charge is 0.339 e. The molecule has 6 rings (SSSR count). The molecule has 0 unspecified atom stereocenters. The van der Waals surface area contributed by atoms with Crippen molar-refractivity contribution in [3.63, 3.8) is 0 Å². The van der Waals surface area contributed by atoms with Crippen LogP contribution >= 0.6 is 0 Å². The highest BCUT2D eigenvalue weighted by atomic mass is 16.7. The molecule has 0 aromatic carbocycles. The van der Waals surface area contributed by atoms with Gasteiger partial charge in [-0.05, 0) is 37.7 Å². The van der Waals surface area contributed by atoms with Crippen molar-refractivity contribution in [2.75, 3.05) is 0 Å². The minimum absolute atomic E-state index is 0.0298. The average Bonchev–Trinajstić information content (AvgIpc) is 3.41. The largest absolute Gasteiger partial charge is 0.472 e. The number of cyclic esters (lactones) is 1. The number of hydrogen-bond acceptors (Lipinski definition) is 9. The molecule has 9 nitrogen and oxygen atoms in total. The number of ether oxygens (including phenoxy) is 4. The van der Waals surface area contributed by atoms with Crippen LogP contribution in [0.1, 0.15) is 85.8 Å². The zero-order chi connectivity index (χ0) is 28.3. The Bertz CT molecular complexity index is 1250. The summed E-state index contributed by atoms with van der Waals surface area (Å²) < 4.78 is 29.5. The molecule has 5 fully saturated rings. The number of carbonyl (C=O) groups is 4. The van der Waals surface area contributed by atoms with Gasteiger partial charge in [0.15, 0.2) is 6.10 Å². The lowest BCUT2D eigenvalue weighted by Gasteiger charge is -2.69. The molecule has 5 aliphatic rings. The maximum atomic E-state index is 14.6. The number of furan rings is 1. The van der Waals surface area contributed by atoms with Gasteiger partial charge in [0.1, 0.15) is 29.7 Å². The first-order valence-electron chi connectivity index (χ1n) is 13.9. The molecule has 0 bridgehead atoms. The highest BCUT2D eigenvalue weighted by molar-refractivity contribution is 5.93. The molecule has 1 aromatic heterocycles. The Kier molecular flexibility index (Phi) is 5.41. The van der Waals surface area contributed by atoms with Gasteiger partial charge in [0.2, 0.25) is 0 Å². The summed E-state index contributed by atoms with van der Waals surface area (Å²) in [7, 11) is 0. The van der Waals surface area contributed by atoms with Crippen LogP contribution in [0.25, 0.3) is 0 Å². The van der Waals surface area contributed by atoms with Crippen molar-refractivity contribution in [2.45, 2.75) is 104 Å². The molecule has 1 spiro atoms. The molecule has 3 heterocycles. The van der Waals surface area contributed by atoms with E-state index in [4.69, 9.17) is 23.4 Å². The highest BCUT2D eigenvalue weighted by Gasteiger charge is 2.89. The van der Waals surface area contributed by atoms with Crippen LogP contribution in [0.4, 0.5) is 0 Å². The van der Waals surface area contributed by atoms with Crippen LogP contribution in [0, 0.1) is 33.5 Å². The molecule has 0 N–H and O–H groups in total. The minimum atomic E-state index is -1.05. The summed E-state index contributed by atoms with van der Waals surface area (Å²) in [5, 5.41) is 0. The van der Waals surface area contributed by atoms with Crippen LogP contribution in [0.5, 0.6) is 0 Å². The third kappa shape index (κ3) is 3.05. The molecule has 212 valence electrons. The van der Waals surface area contributed by atoms with E-state index in [9.17, 15) is 19.2 Å². The van der Waals surface area contributed by atoms with E-state index in [-0.39, 0.29) is 24.0 Å². The highest BCUT2D eigenvalue weighted by Crippen LogP contribution is 2.79. The van der Waals surface area contributed by atoms with Crippen molar-refractivity contribution in [1.82, 2.24) is 0 Å². The number of carbonyl (C=O) groups excluding carboxylic acids is 4. The first kappa shape index (κ1) is 26.5. The van der Waals surface area contributed by atoms with Crippen molar-refractivity contribution >= 4 is 23.7 Å². The van der Waals surface area contributed by atoms with Gasteiger partial charge in [-0.1, -0.05) is 27.7 Å². The Balaban J connectivity index is 1.50. The van der Waals surface area contributed by atoms with E-state index in [2.05, 4.69) is 13.8 Å². The Labute approximate surface area is 228 Å². The van der Waals surface area contributed by atoms with E-state index in [0.717, 1.165) is 5.56 Å². The molecule has 0 radical (unpaired) electrons. The average molecular weight is 543 g/mol. The van der Waals surface area contributed by atoms with Crippen LogP contribution < -0.4 is 0 Å². The number of ketones is 1. The Morgan fingerprint density at radius 2 is 1.62 bits per heavy atom. The quantitative estimate of drug-likeness (QED) is 0.312. The van der Waals surface area contributed by atoms with Gasteiger partial charge in [0.25, 0.3) is 0 Å². The van der Waals surface area contributed by atoms with Gasteiger partial charge < -0.3 is 23.4 Å². The van der Waals surface area contributed by atoms with Crippen molar-refractivity contribution in [1.29, 1.82) is 0 Å². The van der Waals surface area contributed by atoms with Crippen LogP contribution in [-0.4, -0.2) is 47.6 Å². The zero-order valence-electron chi connectivity index (χ0n) is 23.7. The number of esters is 3. The molecule has 3 aliphatic carbocycles. The van der Waals surface area contributed by atoms with Gasteiger partial charge in [0.05, 0.1) is 17.9 Å². The number of hydrogen-bond donors (Lipinski definition) is 0. The maximum absolute atomic E-state index is 14.6. The van der Waals surface area contributed by atoms with Crippen molar-refractivity contribution in [3.8, 4) is 0 Å². The summed E-state index contributed by atoms with van der Waals surface area (Å²) in [6.45, 7) is 13.0. The third-order valence-electron chi connectivity index (χ3n) is 11.7. The van der Waals surface area contributed by atoms with Crippen LogP contribution in [0.2, 0.25) is 0 Å². The van der Waals surface area contributed by atoms with E-state index in [0.29, 0.717) is 19.3 Å². The van der Waals surface area contributed by atoms with Crippen molar-refractivity contribution in [3.05, 3.63) is 24.2 Å². The van der Waals surface area contributed by atoms with E-state index < -0.39 is 69.6 Å². The van der Waals surface area contributed by atoms with Gasteiger partial charge in [-0.2, -0.15) is 0 Å². The molecule has 3 saturated carbocycles. The monoisotopic (exact) mass is 542 g/mol. The molecule has 2 saturated heterocycles. The van der Waals surface area contributed by atoms with Crippen molar-refractivity contribution in [2.24, 2.45) is 33.5 Å². The Hall–Kier alpha value is -2.68. The molecule has 9 heteroatoms. The lowest BCUT2D eigenvalue weighted by Crippen LogP contribution is -2.74. The summed E-state index contributed by atoms with van der Waals surface area (Å²) in [5.41, 5.74) is -3.19. The second-order valence-electron chi connectivity index (χ2n) is 13.6. The summed E-state index contributed by atoms with van der Waals surface area (Å²) in [5.74, 6) is -1.72. The van der Waals surface area contributed by atoms with Gasteiger partial charge in [-0.3, -0.25) is 14.4 Å². The summed E-state index contributed by atoms with van der Waals surface area (Å²) in [4.78, 5) is 52.3. The van der Waals surface area contributed by atoms with E-state index in [1.165, 1.54) is 13.8 Å². The van der Waals surface area contributed by atoms with Crippen LogP contribution in [0.3, 0.4) is 0 Å². The Morgan fingerprint density at radius 3 is 2.23 bits per heavy atom. The first-order chi connectivity index (χ1) is 18.2. The van der Waals surface area contributed by atoms with E-state index in [1.54, 1.807) is 18.6 Å². The second kappa shape index (κ2) is 7.95. The SMILES string of the molecule is CC(=O)O[C@@H]1C[C@@H](OC(C)=O)[C@@]2(C)[C@H]3CC[C@]4(C)[C@H](c5ccoc5)OC(=O)[C@@H]5O[C@]54[C@]3(C)C(=O)C[C@H]2C1(C)C. The maximum Gasteiger partial charge on any atom is 0.339 e. The summed E-state index contributed by atoms with van der Waals surface area (Å²) >= 11 is 0. The molecule has 0 amide bonds. The normalized spacial score (nSPS) is 47.5. The second-order valence-corrected chi connectivity index (χ2v) is 13.6. The number of Topliss-reactive ketones (excluding diaryl/α,β-unsaturated/α-hetero) is 1. The summed E-state index contributed by atoms with van der Waals surface area (Å²) in [6.07, 6.45) is 2.44. The fraction of sp³-hybridized carbons (Fsp3) is 0.733. The van der Waals surface area contributed by atoms with Crippen LogP contribution in [0.15, 0.2) is 23.0 Å². The van der Waals surface area contributed by atoms with Crippen LogP contribution in [-0.2, 0) is 38.1 Å². The van der Waals surface area contributed by atoms with Gasteiger partial charge >= 0.3 is 17.9 Å². The van der Waals surface area contributed by atoms with Gasteiger partial charge in [-0.25, -0.2) is 4.79 Å². The first-order valence-corrected chi connectivity index (χ1v) is 13.9. The molecule has 39 heavy (non-hydrogen) atoms. The van der Waals surface area contributed by atoms with E-state index >= 15 is 0 Å². The Morgan fingerprint density at radius 1 is 0.949 bits per heavy atom. The topological polar surface area (TPSA) is 122 Å². The molecule has 2 aliphatic heterocycles. The lowest BCUT2D eigenvalue weighted by molar-refractivity contribution is -0.259. The van der Waals surface area contributed by atoms with Gasteiger partial charge in [0, 0.05) is 48.5 Å². The number of fused-ring (bicyclic) bond motifs is 3. The standard InChI is InChI=1S/C30H38O9/c1-15(31)36-21-13-22(37-16(2)32)28(6)18-8-10-27(5)23(17-9-11-35-14-17)38-25(34)24-30(27,39-24)29(18,7)20(33)12-19(28)26(21,3)4/h9,11,14,18-19,21-24H,8,10,12-13H2,1-7H3/t18-,19+,21-,22-,23+,24+,27-,28+,29+,30-/m1/s1. The lowest BCUT2D eigenvalue weighted by atomic mass is 9.34. The zero-order valence-corrected chi connectivity index (χ0v) is 23.7. The fourth-order valence-corrected chi connectivity index (χ4v) is 9.92. The molecular weight excluding hydrogens is 504 g/mol. The predicted octanol–water partition coefficient (Wildman–Crippen LogP) is 4.33. The number of rotatable bonds is 3. The van der Waals surface area contributed by atoms with E-state index in [1.807, 2.05) is 20.8 Å². The van der Waals surface area contributed by atoms with Crippen molar-refractivity contribution < 1.29 is 42.5 Å². The third-order valence-corrected chi connectivity index (χ3v) is 11.7. The van der Waals surface area contributed by atoms with Gasteiger partial charge in [-0.15, -0.1) is 0 Å². The summed E-state index contributed by atoms with van der Waals surface area (Å²) in [6, 6.07) is 1.80. The predicted molar refractivity (Wildman–Crippen MR) is 135 cm³/mol.